The number of benzene rings is 1. The third kappa shape index (κ3) is 2.44. The number of halogens is 2. The maximum absolute atomic E-state index is 13.7. The molecule has 90 valence electrons. The molecule has 1 atom stereocenters. The quantitative estimate of drug-likeness (QED) is 0.898. The van der Waals surface area contributed by atoms with Crippen molar-refractivity contribution in [1.82, 2.24) is 4.98 Å². The summed E-state index contributed by atoms with van der Waals surface area (Å²) in [4.78, 5) is 4.11. The molecule has 1 heterocycles. The van der Waals surface area contributed by atoms with Crippen LogP contribution in [0.2, 0.25) is 0 Å². The minimum atomic E-state index is -0.587. The van der Waals surface area contributed by atoms with Gasteiger partial charge in [0.1, 0.15) is 16.5 Å². The highest BCUT2D eigenvalue weighted by Gasteiger charge is 2.15. The highest BCUT2D eigenvalue weighted by atomic mass is 32.1. The average molecular weight is 254 g/mol. The molecular formula is C12H12F2N2S. The van der Waals surface area contributed by atoms with Crippen molar-refractivity contribution in [3.63, 3.8) is 0 Å². The van der Waals surface area contributed by atoms with Crippen LogP contribution in [0.5, 0.6) is 0 Å². The molecular weight excluding hydrogens is 242 g/mol. The number of anilines is 1. The van der Waals surface area contributed by atoms with Crippen molar-refractivity contribution in [1.29, 1.82) is 0 Å². The van der Waals surface area contributed by atoms with Gasteiger partial charge in [-0.15, -0.1) is 11.3 Å². The van der Waals surface area contributed by atoms with E-state index in [0.29, 0.717) is 5.56 Å². The zero-order valence-corrected chi connectivity index (χ0v) is 10.3. The Bertz CT molecular complexity index is 511. The molecule has 2 nitrogen and oxygen atoms in total. The van der Waals surface area contributed by atoms with Gasteiger partial charge in [-0.3, -0.25) is 0 Å². The van der Waals surface area contributed by atoms with Gasteiger partial charge in [-0.05, 0) is 25.5 Å². The van der Waals surface area contributed by atoms with Gasteiger partial charge in [0.25, 0.3) is 0 Å². The van der Waals surface area contributed by atoms with Crippen LogP contribution in [-0.2, 0) is 0 Å². The molecule has 0 aliphatic heterocycles. The first-order valence-corrected chi connectivity index (χ1v) is 6.08. The first-order valence-electron chi connectivity index (χ1n) is 5.20. The second kappa shape index (κ2) is 4.79. The number of thiazole rings is 1. The molecule has 2 rings (SSSR count). The zero-order chi connectivity index (χ0) is 12.4. The first-order chi connectivity index (χ1) is 8.09. The topological polar surface area (TPSA) is 24.9 Å². The lowest BCUT2D eigenvalue weighted by molar-refractivity contribution is 0.579. The summed E-state index contributed by atoms with van der Waals surface area (Å²) >= 11 is 1.45. The molecule has 0 spiro atoms. The van der Waals surface area contributed by atoms with E-state index in [-0.39, 0.29) is 11.7 Å². The number of aromatic nitrogens is 1. The monoisotopic (exact) mass is 254 g/mol. The third-order valence-electron chi connectivity index (χ3n) is 2.47. The Morgan fingerprint density at radius 1 is 1.35 bits per heavy atom. The normalized spacial score (nSPS) is 12.5. The van der Waals surface area contributed by atoms with Gasteiger partial charge in [0, 0.05) is 11.6 Å². The van der Waals surface area contributed by atoms with Crippen LogP contribution in [0.15, 0.2) is 23.7 Å². The maximum Gasteiger partial charge on any atom is 0.152 e. The van der Waals surface area contributed by atoms with E-state index < -0.39 is 11.6 Å². The molecule has 0 aliphatic rings. The van der Waals surface area contributed by atoms with Gasteiger partial charge in [-0.25, -0.2) is 13.8 Å². The molecule has 0 amide bonds. The number of nitrogens with one attached hydrogen (secondary N) is 1. The fraction of sp³-hybridized carbons (Fsp3) is 0.250. The summed E-state index contributed by atoms with van der Waals surface area (Å²) < 4.78 is 27.3. The van der Waals surface area contributed by atoms with Gasteiger partial charge in [0.2, 0.25) is 0 Å². The van der Waals surface area contributed by atoms with Crippen LogP contribution in [0.1, 0.15) is 23.5 Å². The van der Waals surface area contributed by atoms with E-state index in [9.17, 15) is 8.78 Å². The molecule has 1 unspecified atom stereocenters. The predicted octanol–water partition coefficient (Wildman–Crippen LogP) is 3.90. The standard InChI is InChI=1S/C12H12F2N2S/c1-7-3-4-9(13)11(10(7)14)16-8(2)12-15-5-6-17-12/h3-6,8,16H,1-2H3. The van der Waals surface area contributed by atoms with E-state index in [2.05, 4.69) is 10.3 Å². The lowest BCUT2D eigenvalue weighted by Gasteiger charge is -2.15. The molecule has 0 saturated carbocycles. The third-order valence-corrected chi connectivity index (χ3v) is 3.43. The molecule has 0 saturated heterocycles. The van der Waals surface area contributed by atoms with Crippen LogP contribution >= 0.6 is 11.3 Å². The van der Waals surface area contributed by atoms with Gasteiger partial charge in [-0.2, -0.15) is 0 Å². The lowest BCUT2D eigenvalue weighted by atomic mass is 10.2. The number of hydrogen-bond donors (Lipinski definition) is 1. The summed E-state index contributed by atoms with van der Waals surface area (Å²) in [6, 6.07) is 2.46. The van der Waals surface area contributed by atoms with Crippen molar-refractivity contribution in [2.24, 2.45) is 0 Å². The maximum atomic E-state index is 13.7. The van der Waals surface area contributed by atoms with Gasteiger partial charge >= 0.3 is 0 Å². The van der Waals surface area contributed by atoms with E-state index in [1.807, 2.05) is 12.3 Å². The Kier molecular flexibility index (Phi) is 3.38. The Hall–Kier alpha value is -1.49. The van der Waals surface area contributed by atoms with E-state index >= 15 is 0 Å². The van der Waals surface area contributed by atoms with Gasteiger partial charge in [0.15, 0.2) is 5.82 Å². The van der Waals surface area contributed by atoms with Crippen molar-refractivity contribution in [3.05, 3.63) is 45.9 Å². The van der Waals surface area contributed by atoms with Crippen LogP contribution in [-0.4, -0.2) is 4.98 Å². The molecule has 0 aliphatic carbocycles. The average Bonchev–Trinajstić information content (AvgIpc) is 2.83. The van der Waals surface area contributed by atoms with Gasteiger partial charge in [0.05, 0.1) is 6.04 Å². The smallest absolute Gasteiger partial charge is 0.152 e. The molecule has 0 fully saturated rings. The van der Waals surface area contributed by atoms with Crippen molar-refractivity contribution < 1.29 is 8.78 Å². The molecule has 2 aromatic rings. The van der Waals surface area contributed by atoms with Crippen LogP contribution < -0.4 is 5.32 Å². The molecule has 5 heteroatoms. The zero-order valence-electron chi connectivity index (χ0n) is 9.50. The Balaban J connectivity index is 2.27. The summed E-state index contributed by atoms with van der Waals surface area (Å²) in [5, 5.41) is 5.45. The van der Waals surface area contributed by atoms with Crippen LogP contribution in [0.4, 0.5) is 14.5 Å². The van der Waals surface area contributed by atoms with Crippen LogP contribution in [0.3, 0.4) is 0 Å². The highest BCUT2D eigenvalue weighted by molar-refractivity contribution is 7.09. The number of aryl methyl sites for hydroxylation is 1. The second-order valence-electron chi connectivity index (χ2n) is 3.79. The highest BCUT2D eigenvalue weighted by Crippen LogP contribution is 2.26. The Labute approximate surface area is 102 Å². The largest absolute Gasteiger partial charge is 0.371 e. The molecule has 0 radical (unpaired) electrons. The van der Waals surface area contributed by atoms with Crippen LogP contribution in [0.25, 0.3) is 0 Å². The van der Waals surface area contributed by atoms with Crippen LogP contribution in [0, 0.1) is 18.6 Å². The van der Waals surface area contributed by atoms with Crippen molar-refractivity contribution in [3.8, 4) is 0 Å². The lowest BCUT2D eigenvalue weighted by Crippen LogP contribution is -2.10. The fourth-order valence-corrected chi connectivity index (χ4v) is 2.16. The summed E-state index contributed by atoms with van der Waals surface area (Å²) in [5.74, 6) is -1.13. The number of rotatable bonds is 3. The molecule has 1 aromatic carbocycles. The minimum Gasteiger partial charge on any atom is -0.371 e. The second-order valence-corrected chi connectivity index (χ2v) is 4.72. The minimum absolute atomic E-state index is 0.0901. The summed E-state index contributed by atoms with van der Waals surface area (Å²) in [6.45, 7) is 3.42. The number of hydrogen-bond acceptors (Lipinski definition) is 3. The Morgan fingerprint density at radius 2 is 2.12 bits per heavy atom. The van der Waals surface area contributed by atoms with Gasteiger partial charge in [-0.1, -0.05) is 6.07 Å². The summed E-state index contributed by atoms with van der Waals surface area (Å²) in [7, 11) is 0. The molecule has 17 heavy (non-hydrogen) atoms. The Morgan fingerprint density at radius 3 is 2.76 bits per heavy atom. The van der Waals surface area contributed by atoms with E-state index in [1.165, 1.54) is 23.5 Å². The van der Waals surface area contributed by atoms with Crippen molar-refractivity contribution >= 4 is 17.0 Å². The predicted molar refractivity (Wildman–Crippen MR) is 65.2 cm³/mol. The summed E-state index contributed by atoms with van der Waals surface area (Å²) in [6.07, 6.45) is 1.67. The fourth-order valence-electron chi connectivity index (χ4n) is 1.52. The molecule has 1 N–H and O–H groups in total. The first kappa shape index (κ1) is 12.0. The molecule has 0 bridgehead atoms. The van der Waals surface area contributed by atoms with Gasteiger partial charge < -0.3 is 5.32 Å². The van der Waals surface area contributed by atoms with Crippen molar-refractivity contribution in [2.45, 2.75) is 19.9 Å². The molecule has 1 aromatic heterocycles. The van der Waals surface area contributed by atoms with Crippen molar-refractivity contribution in [2.75, 3.05) is 5.32 Å². The van der Waals surface area contributed by atoms with E-state index in [1.54, 1.807) is 13.1 Å². The SMILES string of the molecule is Cc1ccc(F)c(NC(C)c2nccs2)c1F. The summed E-state index contributed by atoms with van der Waals surface area (Å²) in [5.41, 5.74) is 0.327. The van der Waals surface area contributed by atoms with E-state index in [0.717, 1.165) is 5.01 Å². The number of nitrogens with zero attached hydrogens (tertiary/aromatic N) is 1. The van der Waals surface area contributed by atoms with E-state index in [4.69, 9.17) is 0 Å².